The van der Waals surface area contributed by atoms with Gasteiger partial charge in [-0.15, -0.1) is 0 Å². The van der Waals surface area contributed by atoms with Gasteiger partial charge in [-0.1, -0.05) is 11.6 Å². The fourth-order valence-corrected chi connectivity index (χ4v) is 2.89. The molecule has 0 atom stereocenters. The number of sulfonamides is 1. The molecule has 0 saturated heterocycles. The summed E-state index contributed by atoms with van der Waals surface area (Å²) in [7, 11) is -3.79. The smallest absolute Gasteiger partial charge is 0.261 e. The number of nitrogens with zero attached hydrogens (tertiary/aromatic N) is 2. The van der Waals surface area contributed by atoms with Crippen LogP contribution in [0.3, 0.4) is 0 Å². The van der Waals surface area contributed by atoms with E-state index < -0.39 is 15.9 Å². The van der Waals surface area contributed by atoms with Gasteiger partial charge < -0.3 is 11.1 Å². The molecule has 1 heterocycles. The minimum Gasteiger partial charge on any atom is -0.383 e. The minimum absolute atomic E-state index is 0.0346. The van der Waals surface area contributed by atoms with E-state index in [2.05, 4.69) is 10.4 Å². The van der Waals surface area contributed by atoms with Gasteiger partial charge >= 0.3 is 0 Å². The highest BCUT2D eigenvalue weighted by Gasteiger charge is 2.17. The summed E-state index contributed by atoms with van der Waals surface area (Å²) in [6.45, 7) is 0. The van der Waals surface area contributed by atoms with E-state index in [0.717, 1.165) is 0 Å². The zero-order chi connectivity index (χ0) is 18.9. The van der Waals surface area contributed by atoms with Crippen molar-refractivity contribution in [2.75, 3.05) is 11.1 Å². The van der Waals surface area contributed by atoms with Crippen molar-refractivity contribution < 1.29 is 13.2 Å². The Hall–Kier alpha value is -2.88. The standard InChI is InChI=1S/C16H14ClN5O3S/c17-10-1-3-11(4-2-10)21-16(23)14-9-20-22(15(14)18)12-5-7-13(8-6-12)26(19,24)25/h1-9H,18H2,(H,21,23)(H2,19,24,25). The second-order valence-corrected chi connectivity index (χ2v) is 7.35. The number of carbonyl (C=O) groups excluding carboxylic acids is 1. The number of aromatic nitrogens is 2. The van der Waals surface area contributed by atoms with Gasteiger partial charge in [0.05, 0.1) is 16.8 Å². The summed E-state index contributed by atoms with van der Waals surface area (Å²) in [4.78, 5) is 12.3. The molecule has 0 aliphatic rings. The van der Waals surface area contributed by atoms with Crippen LogP contribution >= 0.6 is 11.6 Å². The van der Waals surface area contributed by atoms with E-state index >= 15 is 0 Å². The summed E-state index contributed by atoms with van der Waals surface area (Å²) >= 11 is 5.81. The first-order valence-corrected chi connectivity index (χ1v) is 9.22. The Balaban J connectivity index is 1.85. The largest absolute Gasteiger partial charge is 0.383 e. The molecule has 134 valence electrons. The number of nitrogen functional groups attached to an aromatic ring is 1. The summed E-state index contributed by atoms with van der Waals surface area (Å²) in [5, 5.41) is 12.4. The number of rotatable bonds is 4. The highest BCUT2D eigenvalue weighted by Crippen LogP contribution is 2.20. The van der Waals surface area contributed by atoms with Gasteiger partial charge in [0.2, 0.25) is 10.0 Å². The third kappa shape index (κ3) is 3.69. The van der Waals surface area contributed by atoms with Crippen LogP contribution in [0, 0.1) is 0 Å². The predicted octanol–water partition coefficient (Wildman–Crippen LogP) is 2.01. The summed E-state index contributed by atoms with van der Waals surface area (Å²) in [5.41, 5.74) is 7.24. The predicted molar refractivity (Wildman–Crippen MR) is 98.8 cm³/mol. The van der Waals surface area contributed by atoms with Gasteiger partial charge in [-0.3, -0.25) is 4.79 Å². The van der Waals surface area contributed by atoms with Crippen LogP contribution in [0.25, 0.3) is 5.69 Å². The van der Waals surface area contributed by atoms with Gasteiger partial charge in [-0.2, -0.15) is 5.10 Å². The molecule has 3 aromatic rings. The van der Waals surface area contributed by atoms with Gasteiger partial charge in [0.25, 0.3) is 5.91 Å². The average Bonchev–Trinajstić information content (AvgIpc) is 2.98. The molecule has 10 heteroatoms. The first-order valence-electron chi connectivity index (χ1n) is 7.29. The molecular weight excluding hydrogens is 378 g/mol. The number of nitrogens with one attached hydrogen (secondary N) is 1. The number of carbonyl (C=O) groups is 1. The highest BCUT2D eigenvalue weighted by molar-refractivity contribution is 7.89. The van der Waals surface area contributed by atoms with Gasteiger partial charge in [-0.25, -0.2) is 18.2 Å². The van der Waals surface area contributed by atoms with E-state index in [4.69, 9.17) is 22.5 Å². The number of amides is 1. The molecule has 0 saturated carbocycles. The summed E-state index contributed by atoms with van der Waals surface area (Å²) in [6.07, 6.45) is 1.33. The van der Waals surface area contributed by atoms with Gasteiger partial charge in [0.15, 0.2) is 0 Å². The van der Waals surface area contributed by atoms with Crippen molar-refractivity contribution in [3.63, 3.8) is 0 Å². The van der Waals surface area contributed by atoms with Crippen LogP contribution in [0.4, 0.5) is 11.5 Å². The molecule has 1 aromatic heterocycles. The fraction of sp³-hybridized carbons (Fsp3) is 0. The van der Waals surface area contributed by atoms with E-state index in [1.165, 1.54) is 35.1 Å². The summed E-state index contributed by atoms with van der Waals surface area (Å²) < 4.78 is 23.9. The first-order chi connectivity index (χ1) is 12.3. The molecule has 3 rings (SSSR count). The lowest BCUT2D eigenvalue weighted by Gasteiger charge is -2.07. The second kappa shape index (κ2) is 6.79. The molecular formula is C16H14ClN5O3S. The number of halogens is 1. The highest BCUT2D eigenvalue weighted by atomic mass is 35.5. The maximum atomic E-state index is 12.4. The molecule has 5 N–H and O–H groups in total. The van der Waals surface area contributed by atoms with Crippen molar-refractivity contribution in [1.82, 2.24) is 9.78 Å². The molecule has 0 aliphatic heterocycles. The lowest BCUT2D eigenvalue weighted by molar-refractivity contribution is 0.102. The molecule has 0 aliphatic carbocycles. The van der Waals surface area contributed by atoms with Crippen molar-refractivity contribution in [2.45, 2.75) is 4.90 Å². The number of primary sulfonamides is 1. The topological polar surface area (TPSA) is 133 Å². The summed E-state index contributed by atoms with van der Waals surface area (Å²) in [6, 6.07) is 12.3. The zero-order valence-corrected chi connectivity index (χ0v) is 14.8. The average molecular weight is 392 g/mol. The minimum atomic E-state index is -3.79. The Morgan fingerprint density at radius 2 is 1.69 bits per heavy atom. The van der Waals surface area contributed by atoms with E-state index in [9.17, 15) is 13.2 Å². The number of nitrogens with two attached hydrogens (primary N) is 2. The molecule has 26 heavy (non-hydrogen) atoms. The van der Waals surface area contributed by atoms with Crippen LogP contribution in [-0.4, -0.2) is 24.1 Å². The van der Waals surface area contributed by atoms with Crippen LogP contribution in [0.5, 0.6) is 0 Å². The maximum Gasteiger partial charge on any atom is 0.261 e. The number of anilines is 2. The third-order valence-electron chi connectivity index (χ3n) is 3.56. The van der Waals surface area contributed by atoms with Gasteiger partial charge in [0.1, 0.15) is 11.4 Å². The van der Waals surface area contributed by atoms with E-state index in [-0.39, 0.29) is 16.3 Å². The van der Waals surface area contributed by atoms with Gasteiger partial charge in [-0.05, 0) is 48.5 Å². The van der Waals surface area contributed by atoms with Crippen molar-refractivity contribution in [2.24, 2.45) is 5.14 Å². The molecule has 0 bridgehead atoms. The Morgan fingerprint density at radius 3 is 2.27 bits per heavy atom. The zero-order valence-electron chi connectivity index (χ0n) is 13.3. The first kappa shape index (κ1) is 17.9. The van der Waals surface area contributed by atoms with Crippen LogP contribution in [-0.2, 0) is 10.0 Å². The molecule has 0 radical (unpaired) electrons. The Bertz CT molecular complexity index is 1060. The van der Waals surface area contributed by atoms with Crippen LogP contribution in [0.1, 0.15) is 10.4 Å². The molecule has 8 nitrogen and oxygen atoms in total. The Morgan fingerprint density at radius 1 is 1.08 bits per heavy atom. The van der Waals surface area contributed by atoms with Crippen molar-refractivity contribution in [1.29, 1.82) is 0 Å². The molecule has 0 fully saturated rings. The summed E-state index contributed by atoms with van der Waals surface area (Å²) in [5.74, 6) is -0.322. The molecule has 2 aromatic carbocycles. The normalized spacial score (nSPS) is 11.3. The van der Waals surface area contributed by atoms with E-state index in [0.29, 0.717) is 16.4 Å². The molecule has 0 spiro atoms. The second-order valence-electron chi connectivity index (χ2n) is 5.36. The molecule has 1 amide bonds. The number of hydrogen-bond donors (Lipinski definition) is 3. The monoisotopic (exact) mass is 391 g/mol. The number of hydrogen-bond acceptors (Lipinski definition) is 5. The maximum absolute atomic E-state index is 12.4. The fourth-order valence-electron chi connectivity index (χ4n) is 2.25. The van der Waals surface area contributed by atoms with Crippen molar-refractivity contribution in [3.8, 4) is 5.69 Å². The van der Waals surface area contributed by atoms with Crippen LogP contribution in [0.15, 0.2) is 59.6 Å². The van der Waals surface area contributed by atoms with E-state index in [1.807, 2.05) is 0 Å². The van der Waals surface area contributed by atoms with Crippen LogP contribution < -0.4 is 16.2 Å². The van der Waals surface area contributed by atoms with Gasteiger partial charge in [0, 0.05) is 10.7 Å². The quantitative estimate of drug-likeness (QED) is 0.625. The SMILES string of the molecule is Nc1c(C(=O)Nc2ccc(Cl)cc2)cnn1-c1ccc(S(N)(=O)=O)cc1. The lowest BCUT2D eigenvalue weighted by atomic mass is 10.2. The van der Waals surface area contributed by atoms with Crippen molar-refractivity contribution in [3.05, 3.63) is 65.3 Å². The Kier molecular flexibility index (Phi) is 4.68. The lowest BCUT2D eigenvalue weighted by Crippen LogP contribution is -2.14. The van der Waals surface area contributed by atoms with Crippen molar-refractivity contribution >= 4 is 39.0 Å². The third-order valence-corrected chi connectivity index (χ3v) is 4.74. The molecule has 0 unspecified atom stereocenters. The number of benzene rings is 2. The van der Waals surface area contributed by atoms with E-state index in [1.54, 1.807) is 24.3 Å². The Labute approximate surface area is 154 Å². The van der Waals surface area contributed by atoms with Crippen LogP contribution in [0.2, 0.25) is 5.02 Å².